The Morgan fingerprint density at radius 2 is 2.12 bits per heavy atom. The molecule has 2 rings (SSSR count). The van der Waals surface area contributed by atoms with Gasteiger partial charge in [-0.1, -0.05) is 24.3 Å². The molecule has 1 heterocycles. The van der Waals surface area contributed by atoms with Gasteiger partial charge in [-0.2, -0.15) is 0 Å². The van der Waals surface area contributed by atoms with Crippen LogP contribution >= 0.6 is 11.8 Å². The fourth-order valence-electron chi connectivity index (χ4n) is 1.73. The number of thioether (sulfide) groups is 1. The van der Waals surface area contributed by atoms with E-state index < -0.39 is 0 Å². The standard InChI is InChI=1S/C13H14O2S/c1-2-10-8-9-15-13(14)12(10)16-11-6-4-3-5-7-11/h2-7,10,12H,1,8-9H2. The van der Waals surface area contributed by atoms with Gasteiger partial charge in [0.05, 0.1) is 6.61 Å². The first-order valence-corrected chi connectivity index (χ1v) is 6.20. The highest BCUT2D eigenvalue weighted by Gasteiger charge is 2.32. The number of carbonyl (C=O) groups is 1. The van der Waals surface area contributed by atoms with E-state index in [1.165, 1.54) is 0 Å². The van der Waals surface area contributed by atoms with E-state index in [9.17, 15) is 4.79 Å². The second-order valence-electron chi connectivity index (χ2n) is 3.71. The Balaban J connectivity index is 2.11. The first kappa shape index (κ1) is 11.3. The Kier molecular flexibility index (Phi) is 3.67. The van der Waals surface area contributed by atoms with E-state index >= 15 is 0 Å². The quantitative estimate of drug-likeness (QED) is 0.594. The van der Waals surface area contributed by atoms with Gasteiger partial charge in [0, 0.05) is 10.8 Å². The van der Waals surface area contributed by atoms with E-state index in [0.29, 0.717) is 6.61 Å². The molecule has 1 aromatic carbocycles. The summed E-state index contributed by atoms with van der Waals surface area (Å²) in [6.07, 6.45) is 2.74. The van der Waals surface area contributed by atoms with Crippen molar-refractivity contribution in [2.24, 2.45) is 5.92 Å². The smallest absolute Gasteiger partial charge is 0.320 e. The first-order chi connectivity index (χ1) is 7.81. The average molecular weight is 234 g/mol. The van der Waals surface area contributed by atoms with Crippen LogP contribution in [0.1, 0.15) is 6.42 Å². The van der Waals surface area contributed by atoms with E-state index in [2.05, 4.69) is 6.58 Å². The second kappa shape index (κ2) is 5.21. The van der Waals surface area contributed by atoms with Crippen LogP contribution in [0.2, 0.25) is 0 Å². The lowest BCUT2D eigenvalue weighted by molar-refractivity contribution is -0.147. The summed E-state index contributed by atoms with van der Waals surface area (Å²) in [4.78, 5) is 12.8. The maximum Gasteiger partial charge on any atom is 0.320 e. The molecule has 1 aliphatic rings. The van der Waals surface area contributed by atoms with Crippen molar-refractivity contribution in [1.29, 1.82) is 0 Å². The molecule has 0 spiro atoms. The topological polar surface area (TPSA) is 26.3 Å². The molecule has 0 saturated carbocycles. The number of hydrogen-bond donors (Lipinski definition) is 0. The van der Waals surface area contributed by atoms with Crippen LogP contribution in [-0.2, 0) is 9.53 Å². The number of rotatable bonds is 3. The highest BCUT2D eigenvalue weighted by Crippen LogP contribution is 2.33. The summed E-state index contributed by atoms with van der Waals surface area (Å²) < 4.78 is 5.09. The summed E-state index contributed by atoms with van der Waals surface area (Å²) in [5.41, 5.74) is 0. The number of carbonyl (C=O) groups excluding carboxylic acids is 1. The Hall–Kier alpha value is -1.22. The fourth-order valence-corrected chi connectivity index (χ4v) is 2.92. The predicted molar refractivity (Wildman–Crippen MR) is 65.4 cm³/mol. The average Bonchev–Trinajstić information content (AvgIpc) is 2.33. The highest BCUT2D eigenvalue weighted by molar-refractivity contribution is 8.00. The largest absolute Gasteiger partial charge is 0.465 e. The minimum atomic E-state index is -0.145. The fraction of sp³-hybridized carbons (Fsp3) is 0.308. The number of hydrogen-bond acceptors (Lipinski definition) is 3. The van der Waals surface area contributed by atoms with Crippen molar-refractivity contribution in [3.05, 3.63) is 43.0 Å². The van der Waals surface area contributed by atoms with E-state index in [4.69, 9.17) is 4.74 Å². The molecule has 0 N–H and O–H groups in total. The number of allylic oxidation sites excluding steroid dienone is 1. The number of cyclic esters (lactones) is 1. The minimum absolute atomic E-state index is 0.120. The van der Waals surface area contributed by atoms with E-state index in [0.717, 1.165) is 11.3 Å². The number of esters is 1. The monoisotopic (exact) mass is 234 g/mol. The van der Waals surface area contributed by atoms with Crippen molar-refractivity contribution in [2.45, 2.75) is 16.6 Å². The molecule has 1 saturated heterocycles. The van der Waals surface area contributed by atoms with Gasteiger partial charge in [-0.3, -0.25) is 4.79 Å². The van der Waals surface area contributed by atoms with Crippen LogP contribution in [0, 0.1) is 5.92 Å². The minimum Gasteiger partial charge on any atom is -0.465 e. The van der Waals surface area contributed by atoms with Crippen LogP contribution in [-0.4, -0.2) is 17.8 Å². The molecular weight excluding hydrogens is 220 g/mol. The third-order valence-corrected chi connectivity index (χ3v) is 3.97. The van der Waals surface area contributed by atoms with Crippen LogP contribution in [0.3, 0.4) is 0 Å². The molecule has 2 unspecified atom stereocenters. The van der Waals surface area contributed by atoms with Gasteiger partial charge in [0.2, 0.25) is 0 Å². The lowest BCUT2D eigenvalue weighted by Crippen LogP contribution is -2.33. The van der Waals surface area contributed by atoms with Crippen molar-refractivity contribution >= 4 is 17.7 Å². The Bertz CT molecular complexity index is 375. The van der Waals surface area contributed by atoms with E-state index in [1.807, 2.05) is 36.4 Å². The van der Waals surface area contributed by atoms with Gasteiger partial charge >= 0.3 is 5.97 Å². The van der Waals surface area contributed by atoms with Gasteiger partial charge in [-0.15, -0.1) is 18.3 Å². The van der Waals surface area contributed by atoms with Gasteiger partial charge in [-0.05, 0) is 18.6 Å². The van der Waals surface area contributed by atoms with Crippen LogP contribution < -0.4 is 0 Å². The van der Waals surface area contributed by atoms with Crippen molar-refractivity contribution in [3.63, 3.8) is 0 Å². The zero-order valence-electron chi connectivity index (χ0n) is 8.96. The van der Waals surface area contributed by atoms with Gasteiger partial charge < -0.3 is 4.74 Å². The summed E-state index contributed by atoms with van der Waals surface area (Å²) in [6.45, 7) is 4.30. The molecule has 16 heavy (non-hydrogen) atoms. The van der Waals surface area contributed by atoms with Crippen molar-refractivity contribution in [3.8, 4) is 0 Å². The van der Waals surface area contributed by atoms with E-state index in [-0.39, 0.29) is 17.1 Å². The Morgan fingerprint density at radius 3 is 2.81 bits per heavy atom. The van der Waals surface area contributed by atoms with Gasteiger partial charge in [0.1, 0.15) is 5.25 Å². The molecule has 1 fully saturated rings. The lowest BCUT2D eigenvalue weighted by atomic mass is 10.00. The van der Waals surface area contributed by atoms with Crippen LogP contribution in [0.4, 0.5) is 0 Å². The molecule has 0 bridgehead atoms. The molecule has 1 aromatic rings. The third-order valence-electron chi connectivity index (χ3n) is 2.63. The van der Waals surface area contributed by atoms with Crippen molar-refractivity contribution < 1.29 is 9.53 Å². The molecule has 1 aliphatic heterocycles. The molecular formula is C13H14O2S. The number of ether oxygens (including phenoxy) is 1. The van der Waals surface area contributed by atoms with Crippen LogP contribution in [0.15, 0.2) is 47.9 Å². The SMILES string of the molecule is C=CC1CCOC(=O)C1Sc1ccccc1. The molecule has 0 aromatic heterocycles. The summed E-state index contributed by atoms with van der Waals surface area (Å²) in [7, 11) is 0. The second-order valence-corrected chi connectivity index (χ2v) is 4.92. The van der Waals surface area contributed by atoms with Gasteiger partial charge in [-0.25, -0.2) is 0 Å². The summed E-state index contributed by atoms with van der Waals surface area (Å²) in [5, 5.41) is -0.145. The maximum atomic E-state index is 11.7. The summed E-state index contributed by atoms with van der Waals surface area (Å²) >= 11 is 1.56. The lowest BCUT2D eigenvalue weighted by Gasteiger charge is -2.27. The van der Waals surface area contributed by atoms with Crippen LogP contribution in [0.5, 0.6) is 0 Å². The Morgan fingerprint density at radius 1 is 1.38 bits per heavy atom. The van der Waals surface area contributed by atoms with Crippen LogP contribution in [0.25, 0.3) is 0 Å². The van der Waals surface area contributed by atoms with Crippen molar-refractivity contribution in [2.75, 3.05) is 6.61 Å². The zero-order valence-corrected chi connectivity index (χ0v) is 9.78. The molecule has 2 atom stereocenters. The first-order valence-electron chi connectivity index (χ1n) is 5.32. The maximum absolute atomic E-state index is 11.7. The molecule has 0 radical (unpaired) electrons. The highest BCUT2D eigenvalue weighted by atomic mass is 32.2. The predicted octanol–water partition coefficient (Wildman–Crippen LogP) is 2.90. The van der Waals surface area contributed by atoms with Gasteiger partial charge in [0.15, 0.2) is 0 Å². The summed E-state index contributed by atoms with van der Waals surface area (Å²) in [6, 6.07) is 9.92. The number of benzene rings is 1. The molecule has 0 aliphatic carbocycles. The Labute approximate surface area is 99.7 Å². The van der Waals surface area contributed by atoms with Crippen molar-refractivity contribution in [1.82, 2.24) is 0 Å². The molecule has 2 nitrogen and oxygen atoms in total. The third kappa shape index (κ3) is 2.47. The molecule has 0 amide bonds. The van der Waals surface area contributed by atoms with Gasteiger partial charge in [0.25, 0.3) is 0 Å². The summed E-state index contributed by atoms with van der Waals surface area (Å²) in [5.74, 6) is 0.0939. The zero-order chi connectivity index (χ0) is 11.4. The molecule has 3 heteroatoms. The normalized spacial score (nSPS) is 24.9. The molecule has 84 valence electrons. The van der Waals surface area contributed by atoms with E-state index in [1.54, 1.807) is 11.8 Å².